The molecule has 1 amide bonds. The summed E-state index contributed by atoms with van der Waals surface area (Å²) in [7, 11) is 1.46. The molecular weight excluding hydrogens is 162 g/mol. The Morgan fingerprint density at radius 1 is 1.42 bits per heavy atom. The van der Waals surface area contributed by atoms with E-state index < -0.39 is 11.7 Å². The van der Waals surface area contributed by atoms with E-state index in [0.717, 1.165) is 0 Å². The third-order valence-corrected chi connectivity index (χ3v) is 0.731. The summed E-state index contributed by atoms with van der Waals surface area (Å²) in [4.78, 5) is 15.4. The summed E-state index contributed by atoms with van der Waals surface area (Å²) in [6, 6.07) is 0. The molecule has 0 fully saturated rings. The van der Waals surface area contributed by atoms with Gasteiger partial charge in [-0.15, -0.1) is 0 Å². The molecule has 0 aromatic heterocycles. The van der Waals surface area contributed by atoms with E-state index in [-0.39, 0.29) is 6.79 Å². The fourth-order valence-electron chi connectivity index (χ4n) is 0.446. The lowest BCUT2D eigenvalue weighted by Gasteiger charge is -2.19. The van der Waals surface area contributed by atoms with Crippen LogP contribution in [0.4, 0.5) is 4.79 Å². The lowest BCUT2D eigenvalue weighted by atomic mass is 10.2. The van der Waals surface area contributed by atoms with Gasteiger partial charge in [0.2, 0.25) is 0 Å². The van der Waals surface area contributed by atoms with Gasteiger partial charge in [0.05, 0.1) is 0 Å². The van der Waals surface area contributed by atoms with Crippen molar-refractivity contribution in [2.75, 3.05) is 13.9 Å². The first-order valence-electron chi connectivity index (χ1n) is 3.55. The highest BCUT2D eigenvalue weighted by Crippen LogP contribution is 2.05. The summed E-state index contributed by atoms with van der Waals surface area (Å²) in [5, 5.41) is 0. The molecule has 5 nitrogen and oxygen atoms in total. The van der Waals surface area contributed by atoms with Crippen LogP contribution in [0.25, 0.3) is 0 Å². The van der Waals surface area contributed by atoms with E-state index in [1.807, 2.05) is 0 Å². The maximum atomic E-state index is 10.8. The van der Waals surface area contributed by atoms with Gasteiger partial charge in [-0.1, -0.05) is 0 Å². The van der Waals surface area contributed by atoms with Gasteiger partial charge in [-0.05, 0) is 20.8 Å². The largest absolute Gasteiger partial charge is 0.442 e. The molecule has 0 atom stereocenters. The number of rotatable bonds is 3. The summed E-state index contributed by atoms with van der Waals surface area (Å²) in [6.07, 6.45) is -0.625. The zero-order chi connectivity index (χ0) is 9.61. The topological polar surface area (TPSA) is 56.8 Å². The second-order valence-electron chi connectivity index (χ2n) is 3.15. The zero-order valence-electron chi connectivity index (χ0n) is 7.84. The molecule has 1 N–H and O–H groups in total. The zero-order valence-corrected chi connectivity index (χ0v) is 7.84. The SMILES string of the molecule is COCONC(=O)OC(C)(C)C. The Morgan fingerprint density at radius 3 is 2.42 bits per heavy atom. The van der Waals surface area contributed by atoms with Crippen LogP contribution >= 0.6 is 0 Å². The van der Waals surface area contributed by atoms with Crippen LogP contribution in [0.2, 0.25) is 0 Å². The molecule has 0 saturated carbocycles. The number of carbonyl (C=O) groups excluding carboxylic acids is 1. The second kappa shape index (κ2) is 4.95. The Balaban J connectivity index is 3.47. The quantitative estimate of drug-likeness (QED) is 0.397. The van der Waals surface area contributed by atoms with E-state index in [9.17, 15) is 4.79 Å². The first-order valence-corrected chi connectivity index (χ1v) is 3.55. The van der Waals surface area contributed by atoms with Gasteiger partial charge in [-0.3, -0.25) is 0 Å². The molecule has 0 aliphatic heterocycles. The van der Waals surface area contributed by atoms with Crippen molar-refractivity contribution in [3.8, 4) is 0 Å². The molecule has 0 radical (unpaired) electrons. The number of ether oxygens (including phenoxy) is 2. The average Bonchev–Trinajstić information content (AvgIpc) is 1.84. The van der Waals surface area contributed by atoms with Gasteiger partial charge in [0.25, 0.3) is 0 Å². The Morgan fingerprint density at radius 2 is 2.00 bits per heavy atom. The van der Waals surface area contributed by atoms with Crippen molar-refractivity contribution in [1.29, 1.82) is 0 Å². The van der Waals surface area contributed by atoms with E-state index >= 15 is 0 Å². The van der Waals surface area contributed by atoms with Gasteiger partial charge >= 0.3 is 6.09 Å². The Kier molecular flexibility index (Phi) is 4.61. The van der Waals surface area contributed by atoms with Crippen molar-refractivity contribution >= 4 is 6.09 Å². The number of methoxy groups -OCH3 is 1. The van der Waals surface area contributed by atoms with Gasteiger partial charge in [0, 0.05) is 7.11 Å². The van der Waals surface area contributed by atoms with Crippen LogP contribution in [0.15, 0.2) is 0 Å². The Bertz CT molecular complexity index is 141. The fourth-order valence-corrected chi connectivity index (χ4v) is 0.446. The highest BCUT2D eigenvalue weighted by Gasteiger charge is 2.15. The van der Waals surface area contributed by atoms with Crippen LogP contribution in [0.5, 0.6) is 0 Å². The summed E-state index contributed by atoms with van der Waals surface area (Å²) in [6.45, 7) is 5.30. The molecule has 0 heterocycles. The van der Waals surface area contributed by atoms with E-state index in [0.29, 0.717) is 0 Å². The van der Waals surface area contributed by atoms with Crippen LogP contribution in [0, 0.1) is 0 Å². The minimum Gasteiger partial charge on any atom is -0.442 e. The molecule has 0 aliphatic carbocycles. The number of amides is 1. The van der Waals surface area contributed by atoms with Crippen LogP contribution < -0.4 is 5.48 Å². The standard InChI is InChI=1S/C7H15NO4/c1-7(2,3)12-6(9)8-11-5-10-4/h5H2,1-4H3,(H,8,9). The van der Waals surface area contributed by atoms with Gasteiger partial charge in [-0.2, -0.15) is 5.48 Å². The Labute approximate surface area is 71.9 Å². The van der Waals surface area contributed by atoms with Crippen molar-refractivity contribution in [3.63, 3.8) is 0 Å². The second-order valence-corrected chi connectivity index (χ2v) is 3.15. The van der Waals surface area contributed by atoms with Crippen molar-refractivity contribution in [3.05, 3.63) is 0 Å². The highest BCUT2D eigenvalue weighted by atomic mass is 16.8. The predicted molar refractivity (Wildman–Crippen MR) is 42.3 cm³/mol. The predicted octanol–water partition coefficient (Wildman–Crippen LogP) is 1.05. The summed E-state index contributed by atoms with van der Waals surface area (Å²) >= 11 is 0. The molecule has 0 aliphatic rings. The lowest BCUT2D eigenvalue weighted by Crippen LogP contribution is -2.32. The van der Waals surface area contributed by atoms with Gasteiger partial charge in [0.1, 0.15) is 5.60 Å². The van der Waals surface area contributed by atoms with Crippen molar-refractivity contribution in [2.45, 2.75) is 26.4 Å². The number of carbonyl (C=O) groups is 1. The van der Waals surface area contributed by atoms with Crippen molar-refractivity contribution < 1.29 is 19.1 Å². The average molecular weight is 177 g/mol. The van der Waals surface area contributed by atoms with E-state index in [1.54, 1.807) is 20.8 Å². The maximum Gasteiger partial charge on any atom is 0.431 e. The minimum atomic E-state index is -0.625. The van der Waals surface area contributed by atoms with Crippen molar-refractivity contribution in [1.82, 2.24) is 5.48 Å². The van der Waals surface area contributed by atoms with Gasteiger partial charge in [0.15, 0.2) is 6.79 Å². The molecule has 0 rings (SSSR count). The van der Waals surface area contributed by atoms with E-state index in [4.69, 9.17) is 4.74 Å². The van der Waals surface area contributed by atoms with E-state index in [2.05, 4.69) is 15.1 Å². The molecule has 12 heavy (non-hydrogen) atoms. The molecule has 72 valence electrons. The van der Waals surface area contributed by atoms with Crippen LogP contribution in [0.1, 0.15) is 20.8 Å². The third kappa shape index (κ3) is 7.30. The van der Waals surface area contributed by atoms with Crippen LogP contribution in [-0.4, -0.2) is 25.6 Å². The van der Waals surface area contributed by atoms with Gasteiger partial charge in [-0.25, -0.2) is 9.63 Å². The number of hydroxylamine groups is 1. The molecule has 0 aromatic rings. The van der Waals surface area contributed by atoms with Gasteiger partial charge < -0.3 is 9.47 Å². The van der Waals surface area contributed by atoms with Crippen molar-refractivity contribution in [2.24, 2.45) is 0 Å². The maximum absolute atomic E-state index is 10.8. The minimum absolute atomic E-state index is 0.000751. The normalized spacial score (nSPS) is 11.0. The van der Waals surface area contributed by atoms with E-state index in [1.165, 1.54) is 7.11 Å². The number of hydrogen-bond donors (Lipinski definition) is 1. The summed E-state index contributed by atoms with van der Waals surface area (Å²) < 4.78 is 9.38. The van der Waals surface area contributed by atoms with Crippen LogP contribution in [-0.2, 0) is 14.3 Å². The summed E-state index contributed by atoms with van der Waals surface area (Å²) in [5.41, 5.74) is 1.54. The third-order valence-electron chi connectivity index (χ3n) is 0.731. The smallest absolute Gasteiger partial charge is 0.431 e. The molecule has 0 spiro atoms. The first-order chi connectivity index (χ1) is 5.45. The summed E-state index contributed by atoms with van der Waals surface area (Å²) in [5.74, 6) is 0. The first kappa shape index (κ1) is 11.2. The number of hydrogen-bond acceptors (Lipinski definition) is 4. The fraction of sp³-hybridized carbons (Fsp3) is 0.857. The molecule has 0 unspecified atom stereocenters. The Hall–Kier alpha value is -0.810. The molecule has 0 saturated heterocycles. The lowest BCUT2D eigenvalue weighted by molar-refractivity contribution is -0.0841. The monoisotopic (exact) mass is 177 g/mol. The highest BCUT2D eigenvalue weighted by molar-refractivity contribution is 5.66. The molecule has 5 heteroatoms. The van der Waals surface area contributed by atoms with Crippen LogP contribution in [0.3, 0.4) is 0 Å². The number of nitrogens with one attached hydrogen (secondary N) is 1. The molecular formula is C7H15NO4. The molecule has 0 aromatic carbocycles. The molecule has 0 bridgehead atoms.